The van der Waals surface area contributed by atoms with Crippen LogP contribution in [0.4, 0.5) is 0 Å². The van der Waals surface area contributed by atoms with E-state index in [2.05, 4.69) is 19.2 Å². The topological polar surface area (TPSA) is 46.2 Å². The second kappa shape index (κ2) is 9.38. The van der Waals surface area contributed by atoms with Gasteiger partial charge in [0.2, 0.25) is 11.7 Å². The van der Waals surface area contributed by atoms with Crippen LogP contribution in [0.25, 0.3) is 0 Å². The maximum Gasteiger partial charge on any atom is 0.223 e. The summed E-state index contributed by atoms with van der Waals surface area (Å²) in [6.45, 7) is 4.71. The van der Waals surface area contributed by atoms with Gasteiger partial charge in [-0.1, -0.05) is 57.0 Å². The second-order valence-electron chi connectivity index (χ2n) is 5.95. The monoisotopic (exact) mass is 343 g/mol. The van der Waals surface area contributed by atoms with Crippen molar-refractivity contribution in [1.82, 2.24) is 5.32 Å². The summed E-state index contributed by atoms with van der Waals surface area (Å²) < 4.78 is 0. The number of benzene rings is 1. The third-order valence-electron chi connectivity index (χ3n) is 4.00. The van der Waals surface area contributed by atoms with Crippen molar-refractivity contribution in [2.75, 3.05) is 0 Å². The summed E-state index contributed by atoms with van der Waals surface area (Å²) in [5, 5.41) is 3.02. The molecule has 0 saturated heterocycles. The van der Waals surface area contributed by atoms with Gasteiger partial charge < -0.3 is 5.32 Å². The molecular weight excluding hydrogens is 318 g/mol. The van der Waals surface area contributed by atoms with E-state index in [9.17, 15) is 9.59 Å². The predicted octanol–water partition coefficient (Wildman–Crippen LogP) is 4.81. The Balaban J connectivity index is 1.94. The van der Waals surface area contributed by atoms with E-state index >= 15 is 0 Å². The lowest BCUT2D eigenvalue weighted by atomic mass is 9.97. The van der Waals surface area contributed by atoms with E-state index in [0.717, 1.165) is 30.6 Å². The summed E-state index contributed by atoms with van der Waals surface area (Å²) in [6, 6.07) is 13.0. The molecule has 24 heavy (non-hydrogen) atoms. The molecule has 0 spiro atoms. The molecule has 2 rings (SSSR count). The van der Waals surface area contributed by atoms with E-state index in [0.29, 0.717) is 17.0 Å². The highest BCUT2D eigenvalue weighted by Crippen LogP contribution is 2.20. The summed E-state index contributed by atoms with van der Waals surface area (Å²) in [7, 11) is 0. The molecule has 0 radical (unpaired) electrons. The first-order valence-electron chi connectivity index (χ1n) is 8.61. The molecule has 0 aliphatic rings. The van der Waals surface area contributed by atoms with Crippen LogP contribution in [-0.4, -0.2) is 11.7 Å². The fourth-order valence-electron chi connectivity index (χ4n) is 2.75. The quantitative estimate of drug-likeness (QED) is 0.664. The Morgan fingerprint density at radius 1 is 1.00 bits per heavy atom. The minimum absolute atomic E-state index is 0.0352. The van der Waals surface area contributed by atoms with Crippen LogP contribution in [0.5, 0.6) is 0 Å². The van der Waals surface area contributed by atoms with Crippen LogP contribution in [0, 0.1) is 5.92 Å². The van der Waals surface area contributed by atoms with Crippen LogP contribution < -0.4 is 5.32 Å². The Morgan fingerprint density at radius 2 is 1.67 bits per heavy atom. The lowest BCUT2D eigenvalue weighted by molar-refractivity contribution is -0.125. The minimum atomic E-state index is 0.0352. The van der Waals surface area contributed by atoms with Gasteiger partial charge in [-0.3, -0.25) is 9.59 Å². The minimum Gasteiger partial charge on any atom is -0.351 e. The molecule has 1 amide bonds. The van der Waals surface area contributed by atoms with Crippen molar-refractivity contribution in [2.45, 2.75) is 46.1 Å². The molecule has 4 heteroatoms. The van der Waals surface area contributed by atoms with Crippen molar-refractivity contribution in [3.05, 3.63) is 57.8 Å². The van der Waals surface area contributed by atoms with Crippen molar-refractivity contribution in [1.29, 1.82) is 0 Å². The third-order valence-corrected chi connectivity index (χ3v) is 5.09. The lowest BCUT2D eigenvalue weighted by Gasteiger charge is -2.14. The third kappa shape index (κ3) is 5.03. The van der Waals surface area contributed by atoms with Gasteiger partial charge in [0.25, 0.3) is 0 Å². The smallest absolute Gasteiger partial charge is 0.223 e. The van der Waals surface area contributed by atoms with Crippen LogP contribution in [-0.2, 0) is 11.3 Å². The van der Waals surface area contributed by atoms with Crippen molar-refractivity contribution in [3.63, 3.8) is 0 Å². The molecule has 0 aliphatic carbocycles. The summed E-state index contributed by atoms with van der Waals surface area (Å²) in [4.78, 5) is 26.4. The van der Waals surface area contributed by atoms with Crippen LogP contribution in [0.15, 0.2) is 42.5 Å². The number of carbonyl (C=O) groups is 2. The number of carbonyl (C=O) groups excluding carboxylic acids is 2. The molecule has 0 aliphatic heterocycles. The highest BCUT2D eigenvalue weighted by Gasteiger charge is 2.17. The SMILES string of the molecule is CCCC(CCC)C(=O)NCc1ccc(C(=O)c2ccccc2)s1. The fraction of sp³-hybridized carbons (Fsp3) is 0.400. The lowest BCUT2D eigenvalue weighted by Crippen LogP contribution is -2.30. The fourth-order valence-corrected chi connectivity index (χ4v) is 3.66. The molecule has 128 valence electrons. The molecule has 0 atom stereocenters. The maximum absolute atomic E-state index is 12.4. The number of amides is 1. The first-order valence-corrected chi connectivity index (χ1v) is 9.43. The highest BCUT2D eigenvalue weighted by atomic mass is 32.1. The van der Waals surface area contributed by atoms with Gasteiger partial charge in [0.1, 0.15) is 0 Å². The van der Waals surface area contributed by atoms with E-state index in [-0.39, 0.29) is 17.6 Å². The molecule has 0 saturated carbocycles. The molecular formula is C20H25NO2S. The number of nitrogens with one attached hydrogen (secondary N) is 1. The number of ketones is 1. The van der Waals surface area contributed by atoms with Crippen molar-refractivity contribution >= 4 is 23.0 Å². The molecule has 0 fully saturated rings. The van der Waals surface area contributed by atoms with Crippen LogP contribution in [0.3, 0.4) is 0 Å². The molecule has 1 N–H and O–H groups in total. The van der Waals surface area contributed by atoms with Gasteiger partial charge in [-0.25, -0.2) is 0 Å². The van der Waals surface area contributed by atoms with E-state index < -0.39 is 0 Å². The molecule has 2 aromatic rings. The Kier molecular flexibility index (Phi) is 7.19. The molecule has 0 bridgehead atoms. The number of thiophene rings is 1. The largest absolute Gasteiger partial charge is 0.351 e. The number of hydrogen-bond acceptors (Lipinski definition) is 3. The van der Waals surface area contributed by atoms with Crippen molar-refractivity contribution < 1.29 is 9.59 Å². The zero-order chi connectivity index (χ0) is 17.4. The van der Waals surface area contributed by atoms with E-state index in [1.165, 1.54) is 11.3 Å². The second-order valence-corrected chi connectivity index (χ2v) is 7.12. The summed E-state index contributed by atoms with van der Waals surface area (Å²) >= 11 is 1.45. The van der Waals surface area contributed by atoms with Gasteiger partial charge >= 0.3 is 0 Å². The normalized spacial score (nSPS) is 10.8. The number of rotatable bonds is 9. The van der Waals surface area contributed by atoms with E-state index in [1.807, 2.05) is 42.5 Å². The van der Waals surface area contributed by atoms with E-state index in [4.69, 9.17) is 0 Å². The maximum atomic E-state index is 12.4. The zero-order valence-electron chi connectivity index (χ0n) is 14.4. The summed E-state index contributed by atoms with van der Waals surface area (Å²) in [5.41, 5.74) is 0.695. The Hall–Kier alpha value is -1.94. The molecule has 3 nitrogen and oxygen atoms in total. The van der Waals surface area contributed by atoms with Gasteiger partial charge in [-0.2, -0.15) is 0 Å². The van der Waals surface area contributed by atoms with Crippen LogP contribution in [0.1, 0.15) is 59.6 Å². The Bertz CT molecular complexity index is 657. The van der Waals surface area contributed by atoms with Gasteiger partial charge in [-0.05, 0) is 25.0 Å². The van der Waals surface area contributed by atoms with Crippen LogP contribution in [0.2, 0.25) is 0 Å². The van der Waals surface area contributed by atoms with Crippen molar-refractivity contribution in [2.24, 2.45) is 5.92 Å². The molecule has 0 unspecified atom stereocenters. The van der Waals surface area contributed by atoms with Gasteiger partial charge in [0.05, 0.1) is 11.4 Å². The van der Waals surface area contributed by atoms with Crippen molar-refractivity contribution in [3.8, 4) is 0 Å². The van der Waals surface area contributed by atoms with Crippen LogP contribution >= 0.6 is 11.3 Å². The Labute approximate surface area is 148 Å². The molecule has 1 aromatic heterocycles. The van der Waals surface area contributed by atoms with Gasteiger partial charge in [0, 0.05) is 16.4 Å². The average molecular weight is 343 g/mol. The van der Waals surface area contributed by atoms with Gasteiger partial charge in [0.15, 0.2) is 0 Å². The van der Waals surface area contributed by atoms with Gasteiger partial charge in [-0.15, -0.1) is 11.3 Å². The molecule has 1 heterocycles. The first-order chi connectivity index (χ1) is 11.7. The summed E-state index contributed by atoms with van der Waals surface area (Å²) in [6.07, 6.45) is 3.91. The number of hydrogen-bond donors (Lipinski definition) is 1. The molecule has 1 aromatic carbocycles. The predicted molar refractivity (Wildman–Crippen MR) is 99.3 cm³/mol. The average Bonchev–Trinajstić information content (AvgIpc) is 3.08. The zero-order valence-corrected chi connectivity index (χ0v) is 15.2. The highest BCUT2D eigenvalue weighted by molar-refractivity contribution is 7.14. The first kappa shape index (κ1) is 18.4. The Morgan fingerprint density at radius 3 is 2.29 bits per heavy atom. The van der Waals surface area contributed by atoms with E-state index in [1.54, 1.807) is 0 Å². The standard InChI is InChI=1S/C20H25NO2S/c1-3-8-16(9-4-2)20(23)21-14-17-12-13-18(24-17)19(22)15-10-6-5-7-11-15/h5-7,10-13,16H,3-4,8-9,14H2,1-2H3,(H,21,23). The summed E-state index contributed by atoms with van der Waals surface area (Å²) in [5.74, 6) is 0.265.